The van der Waals surface area contributed by atoms with Crippen molar-refractivity contribution in [2.45, 2.75) is 43.8 Å². The van der Waals surface area contributed by atoms with Crippen molar-refractivity contribution in [3.63, 3.8) is 0 Å². The van der Waals surface area contributed by atoms with Crippen molar-refractivity contribution in [1.82, 2.24) is 20.1 Å². The van der Waals surface area contributed by atoms with Crippen LogP contribution in [0.1, 0.15) is 32.6 Å². The lowest BCUT2D eigenvalue weighted by Crippen LogP contribution is -2.41. The van der Waals surface area contributed by atoms with Crippen LogP contribution in [-0.4, -0.2) is 32.5 Å². The van der Waals surface area contributed by atoms with E-state index in [1.165, 1.54) is 31.0 Å². The van der Waals surface area contributed by atoms with Gasteiger partial charge in [-0.15, -0.1) is 10.2 Å². The van der Waals surface area contributed by atoms with Crippen LogP contribution in [-0.2, 0) is 11.8 Å². The van der Waals surface area contributed by atoms with Crippen LogP contribution >= 0.6 is 23.4 Å². The normalized spacial score (nSPS) is 20.4. The van der Waals surface area contributed by atoms with Gasteiger partial charge in [-0.05, 0) is 30.9 Å². The number of thioether (sulfide) groups is 1. The molecule has 1 aliphatic carbocycles. The highest BCUT2D eigenvalue weighted by Crippen LogP contribution is 2.28. The highest BCUT2D eigenvalue weighted by atomic mass is 35.5. The molecule has 2 aromatic rings. The lowest BCUT2D eigenvalue weighted by atomic mass is 9.86. The number of carbonyl (C=O) groups excluding carboxylic acids is 1. The zero-order valence-electron chi connectivity index (χ0n) is 14.5. The summed E-state index contributed by atoms with van der Waals surface area (Å²) in [5.41, 5.74) is 0.839. The molecule has 1 saturated carbocycles. The molecule has 134 valence electrons. The molecule has 0 radical (unpaired) electrons. The zero-order chi connectivity index (χ0) is 17.8. The van der Waals surface area contributed by atoms with Gasteiger partial charge in [-0.3, -0.25) is 4.79 Å². The minimum absolute atomic E-state index is 0.0612. The van der Waals surface area contributed by atoms with Crippen LogP contribution < -0.4 is 5.32 Å². The first-order valence-electron chi connectivity index (χ1n) is 8.62. The third-order valence-corrected chi connectivity index (χ3v) is 6.09. The lowest BCUT2D eigenvalue weighted by molar-refractivity contribution is -0.119. The molecule has 0 bridgehead atoms. The molecule has 0 aliphatic heterocycles. The third kappa shape index (κ3) is 4.36. The van der Waals surface area contributed by atoms with E-state index in [0.29, 0.717) is 33.7 Å². The molecule has 1 aliphatic rings. The van der Waals surface area contributed by atoms with E-state index in [2.05, 4.69) is 22.4 Å². The van der Waals surface area contributed by atoms with E-state index in [1.54, 1.807) is 0 Å². The Balaban J connectivity index is 1.60. The third-order valence-electron chi connectivity index (χ3n) is 4.74. The minimum atomic E-state index is 0.0612. The Morgan fingerprint density at radius 1 is 1.32 bits per heavy atom. The van der Waals surface area contributed by atoms with Crippen LogP contribution in [0.5, 0.6) is 0 Å². The molecule has 0 saturated heterocycles. The van der Waals surface area contributed by atoms with E-state index < -0.39 is 0 Å². The summed E-state index contributed by atoms with van der Waals surface area (Å²) < 4.78 is 1.88. The number of hydrogen-bond donors (Lipinski definition) is 1. The Morgan fingerprint density at radius 3 is 2.84 bits per heavy atom. The van der Waals surface area contributed by atoms with Crippen molar-refractivity contribution < 1.29 is 4.79 Å². The number of carbonyl (C=O) groups is 1. The molecule has 1 aromatic carbocycles. The second kappa shape index (κ2) is 8.23. The SMILES string of the molecule is C[C@H]1CCCC[C@@H]1NC(=O)CSc1nnc(-c2ccccc2Cl)n1C. The van der Waals surface area contributed by atoms with E-state index >= 15 is 0 Å². The second-order valence-corrected chi connectivity index (χ2v) is 7.92. The first kappa shape index (κ1) is 18.3. The van der Waals surface area contributed by atoms with Gasteiger partial charge in [-0.2, -0.15) is 0 Å². The quantitative estimate of drug-likeness (QED) is 0.801. The predicted molar refractivity (Wildman–Crippen MR) is 102 cm³/mol. The molecule has 5 nitrogen and oxygen atoms in total. The summed E-state index contributed by atoms with van der Waals surface area (Å²) in [7, 11) is 1.89. The van der Waals surface area contributed by atoms with Crippen molar-refractivity contribution in [1.29, 1.82) is 0 Å². The van der Waals surface area contributed by atoms with Gasteiger partial charge in [0.15, 0.2) is 11.0 Å². The molecular weight excluding hydrogens is 356 g/mol. The lowest BCUT2D eigenvalue weighted by Gasteiger charge is -2.29. The fourth-order valence-electron chi connectivity index (χ4n) is 3.23. The average molecular weight is 379 g/mol. The molecule has 1 fully saturated rings. The van der Waals surface area contributed by atoms with Crippen LogP contribution in [0.15, 0.2) is 29.4 Å². The number of hydrogen-bond acceptors (Lipinski definition) is 4. The number of halogens is 1. The number of aromatic nitrogens is 3. The van der Waals surface area contributed by atoms with Gasteiger partial charge in [0.2, 0.25) is 5.91 Å². The Hall–Kier alpha value is -1.53. The molecular formula is C18H23ClN4OS. The van der Waals surface area contributed by atoms with Gasteiger partial charge in [0.1, 0.15) is 0 Å². The smallest absolute Gasteiger partial charge is 0.230 e. The number of rotatable bonds is 5. The molecule has 1 amide bonds. The summed E-state index contributed by atoms with van der Waals surface area (Å²) in [5.74, 6) is 1.67. The second-order valence-electron chi connectivity index (χ2n) is 6.57. The highest BCUT2D eigenvalue weighted by molar-refractivity contribution is 7.99. The Morgan fingerprint density at radius 2 is 2.08 bits per heavy atom. The summed E-state index contributed by atoms with van der Waals surface area (Å²) in [6, 6.07) is 7.85. The Kier molecular flexibility index (Phi) is 6.02. The van der Waals surface area contributed by atoms with E-state index in [1.807, 2.05) is 35.9 Å². The zero-order valence-corrected chi connectivity index (χ0v) is 16.1. The molecule has 0 unspecified atom stereocenters. The van der Waals surface area contributed by atoms with Gasteiger partial charge >= 0.3 is 0 Å². The first-order valence-corrected chi connectivity index (χ1v) is 9.99. The van der Waals surface area contributed by atoms with Crippen molar-refractivity contribution >= 4 is 29.3 Å². The van der Waals surface area contributed by atoms with Crippen LogP contribution in [0.3, 0.4) is 0 Å². The maximum atomic E-state index is 12.3. The van der Waals surface area contributed by atoms with Crippen molar-refractivity contribution in [2.75, 3.05) is 5.75 Å². The van der Waals surface area contributed by atoms with Gasteiger partial charge in [-0.25, -0.2) is 0 Å². The minimum Gasteiger partial charge on any atom is -0.352 e. The number of nitrogens with one attached hydrogen (secondary N) is 1. The van der Waals surface area contributed by atoms with E-state index in [9.17, 15) is 4.79 Å². The summed E-state index contributed by atoms with van der Waals surface area (Å²) >= 11 is 7.64. The van der Waals surface area contributed by atoms with Crippen LogP contribution in [0, 0.1) is 5.92 Å². The fraction of sp³-hybridized carbons (Fsp3) is 0.500. The van der Waals surface area contributed by atoms with E-state index in [0.717, 1.165) is 12.0 Å². The predicted octanol–water partition coefficient (Wildman–Crippen LogP) is 3.92. The van der Waals surface area contributed by atoms with Crippen molar-refractivity contribution in [2.24, 2.45) is 13.0 Å². The number of amides is 1. The molecule has 0 spiro atoms. The molecule has 1 N–H and O–H groups in total. The monoisotopic (exact) mass is 378 g/mol. The van der Waals surface area contributed by atoms with Crippen molar-refractivity contribution in [3.8, 4) is 11.4 Å². The first-order chi connectivity index (χ1) is 12.1. The van der Waals surface area contributed by atoms with Gasteiger partial charge < -0.3 is 9.88 Å². The molecule has 1 aromatic heterocycles. The maximum absolute atomic E-state index is 12.3. The Labute approximate surface area is 157 Å². The summed E-state index contributed by atoms with van der Waals surface area (Å²) in [4.78, 5) is 12.3. The van der Waals surface area contributed by atoms with Gasteiger partial charge in [0, 0.05) is 18.7 Å². The van der Waals surface area contributed by atoms with E-state index in [4.69, 9.17) is 11.6 Å². The molecule has 25 heavy (non-hydrogen) atoms. The van der Waals surface area contributed by atoms with Crippen LogP contribution in [0.2, 0.25) is 5.02 Å². The molecule has 1 heterocycles. The largest absolute Gasteiger partial charge is 0.352 e. The van der Waals surface area contributed by atoms with Crippen LogP contribution in [0.25, 0.3) is 11.4 Å². The van der Waals surface area contributed by atoms with Gasteiger partial charge in [0.05, 0.1) is 10.8 Å². The maximum Gasteiger partial charge on any atom is 0.230 e. The number of benzene rings is 1. The summed E-state index contributed by atoms with van der Waals surface area (Å²) in [5, 5.41) is 12.9. The van der Waals surface area contributed by atoms with Crippen LogP contribution in [0.4, 0.5) is 0 Å². The molecule has 2 atom stereocenters. The standard InChI is InChI=1S/C18H23ClN4OS/c1-12-7-3-6-10-15(12)20-16(24)11-25-18-22-21-17(23(18)2)13-8-4-5-9-14(13)19/h4-5,8-9,12,15H,3,6-7,10-11H2,1-2H3,(H,20,24)/t12-,15-/m0/s1. The summed E-state index contributed by atoms with van der Waals surface area (Å²) in [6.45, 7) is 2.22. The number of nitrogens with zero attached hydrogens (tertiary/aromatic N) is 3. The van der Waals surface area contributed by atoms with E-state index in [-0.39, 0.29) is 5.91 Å². The van der Waals surface area contributed by atoms with Gasteiger partial charge in [0.25, 0.3) is 0 Å². The molecule has 3 rings (SSSR count). The highest BCUT2D eigenvalue weighted by Gasteiger charge is 2.23. The summed E-state index contributed by atoms with van der Waals surface area (Å²) in [6.07, 6.45) is 4.75. The van der Waals surface area contributed by atoms with Gasteiger partial charge in [-0.1, -0.05) is 55.3 Å². The average Bonchev–Trinajstić information content (AvgIpc) is 2.96. The fourth-order valence-corrected chi connectivity index (χ4v) is 4.17. The molecule has 7 heteroatoms. The Bertz CT molecular complexity index is 748. The van der Waals surface area contributed by atoms with Crippen molar-refractivity contribution in [3.05, 3.63) is 29.3 Å². The topological polar surface area (TPSA) is 59.8 Å².